The number of aliphatic carboxylic acids is 1. The number of carboxylic acid groups (broad SMARTS) is 1. The van der Waals surface area contributed by atoms with E-state index in [1.165, 1.54) is 4.90 Å². The molecule has 0 aliphatic carbocycles. The van der Waals surface area contributed by atoms with Crippen molar-refractivity contribution in [1.82, 2.24) is 4.90 Å². The first-order valence-corrected chi connectivity index (χ1v) is 7.00. The molecular formula is C15H16N2O4. The van der Waals surface area contributed by atoms with Gasteiger partial charge in [0.25, 0.3) is 0 Å². The molecule has 0 radical (unpaired) electrons. The van der Waals surface area contributed by atoms with Crippen molar-refractivity contribution in [2.75, 3.05) is 11.9 Å². The van der Waals surface area contributed by atoms with Crippen LogP contribution in [0.1, 0.15) is 30.7 Å². The molecule has 0 aromatic heterocycles. The normalized spacial score (nSPS) is 24.4. The fraction of sp³-hybridized carbons (Fsp3) is 0.400. The monoisotopic (exact) mass is 288 g/mol. The zero-order valence-electron chi connectivity index (χ0n) is 11.4. The van der Waals surface area contributed by atoms with Crippen molar-refractivity contribution in [2.45, 2.75) is 31.2 Å². The summed E-state index contributed by atoms with van der Waals surface area (Å²) in [4.78, 5) is 37.1. The van der Waals surface area contributed by atoms with Crippen LogP contribution in [0.3, 0.4) is 0 Å². The van der Waals surface area contributed by atoms with Gasteiger partial charge in [0.2, 0.25) is 11.8 Å². The molecule has 2 atom stereocenters. The molecule has 21 heavy (non-hydrogen) atoms. The zero-order valence-corrected chi connectivity index (χ0v) is 11.4. The number of para-hydroxylation sites is 1. The van der Waals surface area contributed by atoms with Crippen LogP contribution in [0.25, 0.3) is 0 Å². The number of carbonyl (C=O) groups excluding carboxylic acids is 2. The van der Waals surface area contributed by atoms with Gasteiger partial charge in [-0.1, -0.05) is 18.2 Å². The number of hydrogen-bond donors (Lipinski definition) is 2. The summed E-state index contributed by atoms with van der Waals surface area (Å²) in [7, 11) is 0. The number of benzene rings is 1. The molecule has 1 aromatic rings. The fourth-order valence-electron chi connectivity index (χ4n) is 3.12. The third kappa shape index (κ3) is 2.37. The summed E-state index contributed by atoms with van der Waals surface area (Å²) in [6.45, 7) is 0.441. The molecule has 6 heteroatoms. The SMILES string of the molecule is O=C1CC(C(=O)N2CCC[C@H]2C(=O)O)c2ccccc2N1. The van der Waals surface area contributed by atoms with Gasteiger partial charge in [0.05, 0.1) is 5.92 Å². The lowest BCUT2D eigenvalue weighted by Crippen LogP contribution is -2.44. The second kappa shape index (κ2) is 5.20. The van der Waals surface area contributed by atoms with Gasteiger partial charge in [0, 0.05) is 18.7 Å². The smallest absolute Gasteiger partial charge is 0.326 e. The maximum Gasteiger partial charge on any atom is 0.326 e. The lowest BCUT2D eigenvalue weighted by Gasteiger charge is -2.30. The quantitative estimate of drug-likeness (QED) is 0.855. The van der Waals surface area contributed by atoms with Gasteiger partial charge < -0.3 is 15.3 Å². The fourth-order valence-corrected chi connectivity index (χ4v) is 3.12. The molecule has 0 bridgehead atoms. The highest BCUT2D eigenvalue weighted by atomic mass is 16.4. The first-order chi connectivity index (χ1) is 10.1. The molecule has 2 amide bonds. The average molecular weight is 288 g/mol. The second-order valence-corrected chi connectivity index (χ2v) is 5.42. The summed E-state index contributed by atoms with van der Waals surface area (Å²) >= 11 is 0. The Labute approximate surface area is 121 Å². The van der Waals surface area contributed by atoms with E-state index in [1.807, 2.05) is 12.1 Å². The van der Waals surface area contributed by atoms with Crippen LogP contribution in [0, 0.1) is 0 Å². The largest absolute Gasteiger partial charge is 0.480 e. The minimum Gasteiger partial charge on any atom is -0.480 e. The van der Waals surface area contributed by atoms with Crippen molar-refractivity contribution in [1.29, 1.82) is 0 Å². The summed E-state index contributed by atoms with van der Waals surface area (Å²) in [6, 6.07) is 6.40. The Morgan fingerprint density at radius 3 is 2.81 bits per heavy atom. The molecule has 2 aliphatic heterocycles. The Bertz CT molecular complexity index is 613. The van der Waals surface area contributed by atoms with E-state index in [4.69, 9.17) is 0 Å². The first-order valence-electron chi connectivity index (χ1n) is 7.00. The van der Waals surface area contributed by atoms with Crippen LogP contribution >= 0.6 is 0 Å². The number of nitrogens with zero attached hydrogens (tertiary/aromatic N) is 1. The van der Waals surface area contributed by atoms with E-state index >= 15 is 0 Å². The zero-order chi connectivity index (χ0) is 15.0. The third-order valence-corrected chi connectivity index (χ3v) is 4.12. The molecule has 2 N–H and O–H groups in total. The highest BCUT2D eigenvalue weighted by molar-refractivity contribution is 6.01. The van der Waals surface area contributed by atoms with Crippen molar-refractivity contribution in [2.24, 2.45) is 0 Å². The van der Waals surface area contributed by atoms with E-state index in [2.05, 4.69) is 5.32 Å². The second-order valence-electron chi connectivity index (χ2n) is 5.42. The highest BCUT2D eigenvalue weighted by Crippen LogP contribution is 2.35. The van der Waals surface area contributed by atoms with Gasteiger partial charge in [-0.3, -0.25) is 9.59 Å². The highest BCUT2D eigenvalue weighted by Gasteiger charge is 2.40. The Morgan fingerprint density at radius 2 is 2.05 bits per heavy atom. The molecular weight excluding hydrogens is 272 g/mol. The third-order valence-electron chi connectivity index (χ3n) is 4.12. The van der Waals surface area contributed by atoms with Gasteiger partial charge in [-0.25, -0.2) is 4.79 Å². The molecule has 0 saturated carbocycles. The maximum atomic E-state index is 12.7. The van der Waals surface area contributed by atoms with Crippen molar-refractivity contribution in [3.05, 3.63) is 29.8 Å². The lowest BCUT2D eigenvalue weighted by molar-refractivity contribution is -0.149. The molecule has 3 rings (SSSR count). The molecule has 1 fully saturated rings. The van der Waals surface area contributed by atoms with Crippen LogP contribution in [0.15, 0.2) is 24.3 Å². The van der Waals surface area contributed by atoms with Crippen molar-refractivity contribution in [3.8, 4) is 0 Å². The predicted octanol–water partition coefficient (Wildman–Crippen LogP) is 1.19. The minimum atomic E-state index is -0.977. The molecule has 1 aromatic carbocycles. The number of anilines is 1. The summed E-state index contributed by atoms with van der Waals surface area (Å²) in [5.74, 6) is -2.04. The number of likely N-dealkylation sites (tertiary alicyclic amines) is 1. The Hall–Kier alpha value is -2.37. The van der Waals surface area contributed by atoms with Crippen LogP contribution < -0.4 is 5.32 Å². The van der Waals surface area contributed by atoms with Gasteiger partial charge in [-0.05, 0) is 24.5 Å². The van der Waals surface area contributed by atoms with E-state index in [-0.39, 0.29) is 18.2 Å². The number of carboxylic acids is 1. The molecule has 110 valence electrons. The van der Waals surface area contributed by atoms with Gasteiger partial charge in [0.1, 0.15) is 6.04 Å². The number of fused-ring (bicyclic) bond motifs is 1. The average Bonchev–Trinajstić information content (AvgIpc) is 2.95. The first kappa shape index (κ1) is 13.6. The van der Waals surface area contributed by atoms with Gasteiger partial charge in [-0.15, -0.1) is 0 Å². The standard InChI is InChI=1S/C15H16N2O4/c18-13-8-10(9-4-1-2-5-11(9)16-13)14(19)17-7-3-6-12(17)15(20)21/h1-2,4-5,10,12H,3,6-8H2,(H,16,18)(H,20,21)/t10?,12-/m0/s1. The number of amides is 2. The Balaban J connectivity index is 1.91. The molecule has 1 saturated heterocycles. The van der Waals surface area contributed by atoms with E-state index < -0.39 is 17.9 Å². The molecule has 6 nitrogen and oxygen atoms in total. The Morgan fingerprint density at radius 1 is 1.29 bits per heavy atom. The predicted molar refractivity (Wildman–Crippen MR) is 74.8 cm³/mol. The van der Waals surface area contributed by atoms with Gasteiger partial charge >= 0.3 is 5.97 Å². The number of nitrogens with one attached hydrogen (secondary N) is 1. The summed E-state index contributed by atoms with van der Waals surface area (Å²) in [6.07, 6.45) is 1.23. The summed E-state index contributed by atoms with van der Waals surface area (Å²) in [5, 5.41) is 11.9. The number of hydrogen-bond acceptors (Lipinski definition) is 3. The van der Waals surface area contributed by atoms with Crippen LogP contribution in [-0.4, -0.2) is 40.4 Å². The van der Waals surface area contributed by atoms with Gasteiger partial charge in [-0.2, -0.15) is 0 Å². The van der Waals surface area contributed by atoms with E-state index in [0.717, 1.165) is 5.56 Å². The lowest BCUT2D eigenvalue weighted by atomic mass is 9.89. The van der Waals surface area contributed by atoms with Crippen LogP contribution in [0.4, 0.5) is 5.69 Å². The molecule has 2 heterocycles. The number of rotatable bonds is 2. The van der Waals surface area contributed by atoms with E-state index in [1.54, 1.807) is 12.1 Å². The van der Waals surface area contributed by atoms with Crippen LogP contribution in [0.2, 0.25) is 0 Å². The number of carbonyl (C=O) groups is 3. The van der Waals surface area contributed by atoms with Crippen LogP contribution in [-0.2, 0) is 14.4 Å². The van der Waals surface area contributed by atoms with Crippen LogP contribution in [0.5, 0.6) is 0 Å². The molecule has 2 aliphatic rings. The summed E-state index contributed by atoms with van der Waals surface area (Å²) in [5.41, 5.74) is 1.40. The van der Waals surface area contributed by atoms with Crippen molar-refractivity contribution < 1.29 is 19.5 Å². The summed E-state index contributed by atoms with van der Waals surface area (Å²) < 4.78 is 0. The van der Waals surface area contributed by atoms with E-state index in [0.29, 0.717) is 25.1 Å². The molecule has 0 spiro atoms. The molecule has 1 unspecified atom stereocenters. The van der Waals surface area contributed by atoms with E-state index in [9.17, 15) is 19.5 Å². The van der Waals surface area contributed by atoms with Gasteiger partial charge in [0.15, 0.2) is 0 Å². The van der Waals surface area contributed by atoms with Crippen molar-refractivity contribution in [3.63, 3.8) is 0 Å². The topological polar surface area (TPSA) is 86.7 Å². The Kier molecular flexibility index (Phi) is 3.37. The van der Waals surface area contributed by atoms with Crippen molar-refractivity contribution >= 4 is 23.5 Å². The minimum absolute atomic E-state index is 0.0681. The maximum absolute atomic E-state index is 12.7.